The highest BCUT2D eigenvalue weighted by Crippen LogP contribution is 2.27. The van der Waals surface area contributed by atoms with Crippen LogP contribution in [0.3, 0.4) is 0 Å². The van der Waals surface area contributed by atoms with Gasteiger partial charge in [0.2, 0.25) is 0 Å². The maximum absolute atomic E-state index is 5.75. The van der Waals surface area contributed by atoms with E-state index >= 15 is 0 Å². The summed E-state index contributed by atoms with van der Waals surface area (Å²) in [7, 11) is 0. The van der Waals surface area contributed by atoms with Crippen LogP contribution in [0.4, 0.5) is 5.82 Å². The fraction of sp³-hybridized carbons (Fsp3) is 0.714. The fourth-order valence-corrected chi connectivity index (χ4v) is 2.74. The predicted molar refractivity (Wildman–Crippen MR) is 76.0 cm³/mol. The number of aromatic nitrogens is 2. The molecule has 1 saturated carbocycles. The van der Waals surface area contributed by atoms with Gasteiger partial charge in [0.05, 0.1) is 24.0 Å². The minimum absolute atomic E-state index is 0.431. The zero-order chi connectivity index (χ0) is 13.0. The molecular weight excluding hydrogens is 246 g/mol. The summed E-state index contributed by atoms with van der Waals surface area (Å²) in [6.45, 7) is 5.56. The summed E-state index contributed by atoms with van der Waals surface area (Å²) in [5.41, 5.74) is 0.844. The SMILES string of the molecule is CC(C)CN(c1cnc(CCl)cn1)C1CCCC1. The van der Waals surface area contributed by atoms with E-state index < -0.39 is 0 Å². The molecule has 3 nitrogen and oxygen atoms in total. The van der Waals surface area contributed by atoms with Crippen LogP contribution in [0.15, 0.2) is 12.4 Å². The summed E-state index contributed by atoms with van der Waals surface area (Å²) < 4.78 is 0. The van der Waals surface area contributed by atoms with Crippen LogP contribution in [-0.2, 0) is 5.88 Å². The molecule has 0 atom stereocenters. The third kappa shape index (κ3) is 3.35. The Morgan fingerprint density at radius 1 is 1.28 bits per heavy atom. The van der Waals surface area contributed by atoms with Crippen molar-refractivity contribution in [2.75, 3.05) is 11.4 Å². The second-order valence-corrected chi connectivity index (χ2v) is 5.75. The largest absolute Gasteiger partial charge is 0.352 e. The van der Waals surface area contributed by atoms with Crippen LogP contribution < -0.4 is 4.90 Å². The first-order valence-electron chi connectivity index (χ1n) is 6.84. The molecule has 4 heteroatoms. The molecule has 1 aromatic rings. The summed E-state index contributed by atoms with van der Waals surface area (Å²) in [5.74, 6) is 2.07. The van der Waals surface area contributed by atoms with Gasteiger partial charge in [0.25, 0.3) is 0 Å². The molecule has 0 aliphatic heterocycles. The van der Waals surface area contributed by atoms with E-state index in [2.05, 4.69) is 28.7 Å². The molecule has 1 fully saturated rings. The number of alkyl halides is 1. The van der Waals surface area contributed by atoms with Crippen molar-refractivity contribution >= 4 is 17.4 Å². The molecule has 1 heterocycles. The Morgan fingerprint density at radius 3 is 2.50 bits per heavy atom. The van der Waals surface area contributed by atoms with Gasteiger partial charge in [-0.3, -0.25) is 4.98 Å². The van der Waals surface area contributed by atoms with Gasteiger partial charge in [0.1, 0.15) is 5.82 Å². The molecule has 0 unspecified atom stereocenters. The molecule has 2 rings (SSSR count). The van der Waals surface area contributed by atoms with Crippen LogP contribution in [0, 0.1) is 5.92 Å². The van der Waals surface area contributed by atoms with Crippen molar-refractivity contribution in [2.45, 2.75) is 51.5 Å². The van der Waals surface area contributed by atoms with Gasteiger partial charge in [0, 0.05) is 12.6 Å². The number of anilines is 1. The Labute approximate surface area is 115 Å². The third-order valence-electron chi connectivity index (χ3n) is 3.45. The Kier molecular flexibility index (Phi) is 4.81. The number of hydrogen-bond acceptors (Lipinski definition) is 3. The van der Waals surface area contributed by atoms with Gasteiger partial charge in [-0.1, -0.05) is 26.7 Å². The molecule has 0 saturated heterocycles. The Balaban J connectivity index is 2.15. The number of rotatable bonds is 5. The highest BCUT2D eigenvalue weighted by atomic mass is 35.5. The van der Waals surface area contributed by atoms with E-state index in [1.54, 1.807) is 6.20 Å². The van der Waals surface area contributed by atoms with Crippen molar-refractivity contribution in [2.24, 2.45) is 5.92 Å². The lowest BCUT2D eigenvalue weighted by Crippen LogP contribution is -2.37. The first kappa shape index (κ1) is 13.6. The molecule has 0 aromatic carbocycles. The maximum atomic E-state index is 5.75. The topological polar surface area (TPSA) is 29.0 Å². The molecule has 0 spiro atoms. The van der Waals surface area contributed by atoms with E-state index in [-0.39, 0.29) is 0 Å². The van der Waals surface area contributed by atoms with Gasteiger partial charge >= 0.3 is 0 Å². The van der Waals surface area contributed by atoms with Crippen molar-refractivity contribution in [1.29, 1.82) is 0 Å². The van der Waals surface area contributed by atoms with Gasteiger partial charge in [-0.05, 0) is 18.8 Å². The maximum Gasteiger partial charge on any atom is 0.147 e. The van der Waals surface area contributed by atoms with Crippen LogP contribution in [0.25, 0.3) is 0 Å². The first-order chi connectivity index (χ1) is 8.70. The molecule has 1 aliphatic rings. The standard InChI is InChI=1S/C14H22ClN3/c1-11(2)10-18(13-5-3-4-6-13)14-9-16-12(7-15)8-17-14/h8-9,11,13H,3-7,10H2,1-2H3. The highest BCUT2D eigenvalue weighted by molar-refractivity contribution is 6.16. The van der Waals surface area contributed by atoms with Crippen LogP contribution in [0.1, 0.15) is 45.2 Å². The average Bonchev–Trinajstić information content (AvgIpc) is 2.89. The normalized spacial score (nSPS) is 16.4. The lowest BCUT2D eigenvalue weighted by Gasteiger charge is -2.31. The summed E-state index contributed by atoms with van der Waals surface area (Å²) in [6, 6.07) is 0.642. The van der Waals surface area contributed by atoms with Crippen LogP contribution in [0.5, 0.6) is 0 Å². The first-order valence-corrected chi connectivity index (χ1v) is 7.37. The molecular formula is C14H22ClN3. The van der Waals surface area contributed by atoms with Gasteiger partial charge in [-0.25, -0.2) is 4.98 Å². The molecule has 0 bridgehead atoms. The van der Waals surface area contributed by atoms with E-state index in [0.717, 1.165) is 18.1 Å². The zero-order valence-corrected chi connectivity index (χ0v) is 12.0. The predicted octanol–water partition coefficient (Wildman–Crippen LogP) is 3.62. The van der Waals surface area contributed by atoms with Crippen LogP contribution in [0.2, 0.25) is 0 Å². The van der Waals surface area contributed by atoms with E-state index in [1.165, 1.54) is 25.7 Å². The Hall–Kier alpha value is -0.830. The smallest absolute Gasteiger partial charge is 0.147 e. The van der Waals surface area contributed by atoms with Crippen LogP contribution >= 0.6 is 11.6 Å². The highest BCUT2D eigenvalue weighted by Gasteiger charge is 2.24. The van der Waals surface area contributed by atoms with E-state index in [0.29, 0.717) is 17.8 Å². The van der Waals surface area contributed by atoms with Crippen molar-refractivity contribution < 1.29 is 0 Å². The van der Waals surface area contributed by atoms with Gasteiger partial charge in [-0.2, -0.15) is 0 Å². The molecule has 0 N–H and O–H groups in total. The molecule has 0 amide bonds. The molecule has 1 aromatic heterocycles. The summed E-state index contributed by atoms with van der Waals surface area (Å²) in [4.78, 5) is 11.3. The fourth-order valence-electron chi connectivity index (χ4n) is 2.60. The van der Waals surface area contributed by atoms with Gasteiger partial charge in [-0.15, -0.1) is 11.6 Å². The number of hydrogen-bond donors (Lipinski definition) is 0. The van der Waals surface area contributed by atoms with E-state index in [1.807, 2.05) is 6.20 Å². The van der Waals surface area contributed by atoms with Crippen molar-refractivity contribution in [3.05, 3.63) is 18.1 Å². The Morgan fingerprint density at radius 2 is 2.00 bits per heavy atom. The second kappa shape index (κ2) is 6.37. The number of nitrogens with zero attached hydrogens (tertiary/aromatic N) is 3. The lowest BCUT2D eigenvalue weighted by molar-refractivity contribution is 0.530. The van der Waals surface area contributed by atoms with E-state index in [9.17, 15) is 0 Å². The zero-order valence-electron chi connectivity index (χ0n) is 11.3. The van der Waals surface area contributed by atoms with Crippen molar-refractivity contribution in [3.63, 3.8) is 0 Å². The monoisotopic (exact) mass is 267 g/mol. The quantitative estimate of drug-likeness (QED) is 0.763. The minimum atomic E-state index is 0.431. The second-order valence-electron chi connectivity index (χ2n) is 5.48. The summed E-state index contributed by atoms with van der Waals surface area (Å²) in [6.07, 6.45) is 8.92. The minimum Gasteiger partial charge on any atom is -0.352 e. The summed E-state index contributed by atoms with van der Waals surface area (Å²) >= 11 is 5.75. The molecule has 0 radical (unpaired) electrons. The summed E-state index contributed by atoms with van der Waals surface area (Å²) in [5, 5.41) is 0. The lowest BCUT2D eigenvalue weighted by atomic mass is 10.1. The average molecular weight is 268 g/mol. The number of halogens is 1. The van der Waals surface area contributed by atoms with Crippen LogP contribution in [-0.4, -0.2) is 22.6 Å². The molecule has 18 heavy (non-hydrogen) atoms. The van der Waals surface area contributed by atoms with Gasteiger partial charge in [0.15, 0.2) is 0 Å². The molecule has 100 valence electrons. The Bertz CT molecular complexity index is 358. The van der Waals surface area contributed by atoms with Crippen molar-refractivity contribution in [1.82, 2.24) is 9.97 Å². The van der Waals surface area contributed by atoms with Crippen molar-refractivity contribution in [3.8, 4) is 0 Å². The van der Waals surface area contributed by atoms with Gasteiger partial charge < -0.3 is 4.90 Å². The molecule has 1 aliphatic carbocycles. The third-order valence-corrected chi connectivity index (χ3v) is 3.72. The van der Waals surface area contributed by atoms with E-state index in [4.69, 9.17) is 11.6 Å².